The highest BCUT2D eigenvalue weighted by Gasteiger charge is 2.15. The van der Waals surface area contributed by atoms with Gasteiger partial charge in [-0.15, -0.1) is 0 Å². The van der Waals surface area contributed by atoms with Crippen molar-refractivity contribution in [2.24, 2.45) is 0 Å². The van der Waals surface area contributed by atoms with Gasteiger partial charge >= 0.3 is 7.12 Å². The molecule has 0 spiro atoms. The van der Waals surface area contributed by atoms with Crippen molar-refractivity contribution in [2.45, 2.75) is 0 Å². The van der Waals surface area contributed by atoms with Crippen molar-refractivity contribution in [3.63, 3.8) is 0 Å². The zero-order valence-electron chi connectivity index (χ0n) is 17.6. The lowest BCUT2D eigenvalue weighted by atomic mass is 9.79. The number of nitrogens with zero attached hydrogens (tertiary/aromatic N) is 4. The average molecular weight is 430 g/mol. The summed E-state index contributed by atoms with van der Waals surface area (Å²) in [5.41, 5.74) is 6.40. The predicted octanol–water partition coefficient (Wildman–Crippen LogP) is 3.61. The first-order valence-corrected chi connectivity index (χ1v) is 10.4. The standard InChI is InChI=1S/C26H19BN4O2/c32-27(33)23-10-2-7-20(14-23)26-30-24(15-25(31-26)22-9-4-12-29-17-22)19-6-1-5-18(13-19)21-8-3-11-28-16-21/h1-17,32-33H. The summed E-state index contributed by atoms with van der Waals surface area (Å²) in [4.78, 5) is 18.0. The van der Waals surface area contributed by atoms with Gasteiger partial charge in [-0.2, -0.15) is 0 Å². The molecule has 0 aliphatic carbocycles. The highest BCUT2D eigenvalue weighted by Crippen LogP contribution is 2.29. The Morgan fingerprint density at radius 1 is 0.545 bits per heavy atom. The molecule has 5 rings (SSSR count). The normalized spacial score (nSPS) is 10.7. The summed E-state index contributed by atoms with van der Waals surface area (Å²) >= 11 is 0. The summed E-state index contributed by atoms with van der Waals surface area (Å²) in [7, 11) is -1.57. The number of rotatable bonds is 5. The Morgan fingerprint density at radius 3 is 1.85 bits per heavy atom. The van der Waals surface area contributed by atoms with E-state index in [0.29, 0.717) is 16.9 Å². The summed E-state index contributed by atoms with van der Waals surface area (Å²) in [6.07, 6.45) is 7.06. The molecule has 0 saturated heterocycles. The van der Waals surface area contributed by atoms with Crippen molar-refractivity contribution >= 4 is 12.6 Å². The minimum absolute atomic E-state index is 0.378. The average Bonchev–Trinajstić information content (AvgIpc) is 2.89. The van der Waals surface area contributed by atoms with Crippen LogP contribution in [0.25, 0.3) is 45.0 Å². The SMILES string of the molecule is OB(O)c1cccc(-c2nc(-c3cccnc3)cc(-c3cccc(-c4cccnc4)c3)n2)c1. The maximum atomic E-state index is 9.60. The molecule has 0 aliphatic rings. The van der Waals surface area contributed by atoms with Gasteiger partial charge in [0.1, 0.15) is 0 Å². The molecule has 0 fully saturated rings. The third kappa shape index (κ3) is 4.55. The molecule has 0 aliphatic heterocycles. The van der Waals surface area contributed by atoms with Gasteiger partial charge in [0.25, 0.3) is 0 Å². The van der Waals surface area contributed by atoms with E-state index in [4.69, 9.17) is 9.97 Å². The molecule has 0 amide bonds. The van der Waals surface area contributed by atoms with Crippen molar-refractivity contribution in [2.75, 3.05) is 0 Å². The fraction of sp³-hybridized carbons (Fsp3) is 0. The number of hydrogen-bond donors (Lipinski definition) is 2. The molecule has 2 N–H and O–H groups in total. The van der Waals surface area contributed by atoms with Crippen molar-refractivity contribution in [3.05, 3.63) is 104 Å². The molecule has 0 unspecified atom stereocenters. The first kappa shape index (κ1) is 20.7. The minimum Gasteiger partial charge on any atom is -0.423 e. The lowest BCUT2D eigenvalue weighted by Gasteiger charge is -2.11. The van der Waals surface area contributed by atoms with E-state index < -0.39 is 7.12 Å². The van der Waals surface area contributed by atoms with Crippen LogP contribution in [0.15, 0.2) is 104 Å². The van der Waals surface area contributed by atoms with E-state index in [1.54, 1.807) is 36.8 Å². The van der Waals surface area contributed by atoms with Crippen LogP contribution < -0.4 is 5.46 Å². The van der Waals surface area contributed by atoms with E-state index in [-0.39, 0.29) is 0 Å². The second-order valence-corrected chi connectivity index (χ2v) is 7.53. The third-order valence-electron chi connectivity index (χ3n) is 5.28. The Morgan fingerprint density at radius 2 is 1.15 bits per heavy atom. The smallest absolute Gasteiger partial charge is 0.423 e. The quantitative estimate of drug-likeness (QED) is 0.414. The second kappa shape index (κ2) is 9.12. The molecule has 3 heterocycles. The molecule has 3 aromatic heterocycles. The Labute approximate surface area is 191 Å². The van der Waals surface area contributed by atoms with E-state index in [9.17, 15) is 10.0 Å². The highest BCUT2D eigenvalue weighted by atomic mass is 16.4. The summed E-state index contributed by atoms with van der Waals surface area (Å²) in [6.45, 7) is 0. The fourth-order valence-corrected chi connectivity index (χ4v) is 3.62. The van der Waals surface area contributed by atoms with E-state index >= 15 is 0 Å². The van der Waals surface area contributed by atoms with Gasteiger partial charge in [-0.25, -0.2) is 9.97 Å². The Bertz CT molecular complexity index is 1400. The minimum atomic E-state index is -1.57. The summed E-state index contributed by atoms with van der Waals surface area (Å²) < 4.78 is 0. The Balaban J connectivity index is 1.67. The lowest BCUT2D eigenvalue weighted by Crippen LogP contribution is -2.29. The van der Waals surface area contributed by atoms with Gasteiger partial charge in [0.2, 0.25) is 0 Å². The number of benzene rings is 2. The molecule has 158 valence electrons. The van der Waals surface area contributed by atoms with Crippen LogP contribution in [0.5, 0.6) is 0 Å². The molecule has 0 radical (unpaired) electrons. The zero-order chi connectivity index (χ0) is 22.6. The van der Waals surface area contributed by atoms with Crippen molar-refractivity contribution in [1.82, 2.24) is 19.9 Å². The first-order valence-electron chi connectivity index (χ1n) is 10.4. The van der Waals surface area contributed by atoms with Gasteiger partial charge in [0, 0.05) is 47.0 Å². The van der Waals surface area contributed by atoms with Gasteiger partial charge in [-0.3, -0.25) is 9.97 Å². The molecule has 0 atom stereocenters. The molecule has 0 saturated carbocycles. The van der Waals surface area contributed by atoms with E-state index in [1.165, 1.54) is 0 Å². The zero-order valence-corrected chi connectivity index (χ0v) is 17.6. The summed E-state index contributed by atoms with van der Waals surface area (Å²) in [5, 5.41) is 19.2. The first-order chi connectivity index (χ1) is 16.2. The number of aromatic nitrogens is 4. The van der Waals surface area contributed by atoms with E-state index in [1.807, 2.05) is 60.8 Å². The van der Waals surface area contributed by atoms with Crippen LogP contribution in [0, 0.1) is 0 Å². The Hall–Kier alpha value is -4.20. The Kier molecular flexibility index (Phi) is 5.72. The number of pyridine rings is 2. The monoisotopic (exact) mass is 430 g/mol. The van der Waals surface area contributed by atoms with E-state index in [2.05, 4.69) is 16.0 Å². The predicted molar refractivity (Wildman–Crippen MR) is 129 cm³/mol. The van der Waals surface area contributed by atoms with Crippen LogP contribution in [0.3, 0.4) is 0 Å². The van der Waals surface area contributed by atoms with Crippen LogP contribution in [0.2, 0.25) is 0 Å². The van der Waals surface area contributed by atoms with Gasteiger partial charge in [0.15, 0.2) is 5.82 Å². The van der Waals surface area contributed by atoms with Crippen molar-refractivity contribution < 1.29 is 10.0 Å². The third-order valence-corrected chi connectivity index (χ3v) is 5.28. The van der Waals surface area contributed by atoms with Gasteiger partial charge < -0.3 is 10.0 Å². The summed E-state index contributed by atoms with van der Waals surface area (Å²) in [5.74, 6) is 0.487. The molecule has 2 aromatic carbocycles. The topological polar surface area (TPSA) is 92.0 Å². The van der Waals surface area contributed by atoms with Gasteiger partial charge in [0.05, 0.1) is 11.4 Å². The fourth-order valence-electron chi connectivity index (χ4n) is 3.62. The highest BCUT2D eigenvalue weighted by molar-refractivity contribution is 6.58. The lowest BCUT2D eigenvalue weighted by molar-refractivity contribution is 0.426. The van der Waals surface area contributed by atoms with Crippen LogP contribution >= 0.6 is 0 Å². The van der Waals surface area contributed by atoms with Crippen molar-refractivity contribution in [3.8, 4) is 45.0 Å². The number of hydrogen-bond acceptors (Lipinski definition) is 6. The van der Waals surface area contributed by atoms with Gasteiger partial charge in [-0.05, 0) is 41.4 Å². The van der Waals surface area contributed by atoms with Crippen LogP contribution in [-0.2, 0) is 0 Å². The second-order valence-electron chi connectivity index (χ2n) is 7.53. The molecule has 6 nitrogen and oxygen atoms in total. The largest absolute Gasteiger partial charge is 0.488 e. The van der Waals surface area contributed by atoms with Crippen molar-refractivity contribution in [1.29, 1.82) is 0 Å². The van der Waals surface area contributed by atoms with Crippen LogP contribution in [0.4, 0.5) is 0 Å². The molecule has 5 aromatic rings. The van der Waals surface area contributed by atoms with Gasteiger partial charge in [-0.1, -0.05) is 48.5 Å². The maximum Gasteiger partial charge on any atom is 0.488 e. The van der Waals surface area contributed by atoms with E-state index in [0.717, 1.165) is 33.6 Å². The van der Waals surface area contributed by atoms with Crippen LogP contribution in [-0.4, -0.2) is 37.1 Å². The molecule has 7 heteroatoms. The molecule has 33 heavy (non-hydrogen) atoms. The molecule has 0 bridgehead atoms. The summed E-state index contributed by atoms with van der Waals surface area (Å²) in [6, 6.07) is 24.7. The van der Waals surface area contributed by atoms with Crippen LogP contribution in [0.1, 0.15) is 0 Å². The molecular formula is C26H19BN4O2. The maximum absolute atomic E-state index is 9.60. The molecular weight excluding hydrogens is 411 g/mol.